The number of rotatable bonds is 4. The zero-order chi connectivity index (χ0) is 18.1. The quantitative estimate of drug-likeness (QED) is 0.568. The van der Waals surface area contributed by atoms with Gasteiger partial charge in [0.25, 0.3) is 11.2 Å². The van der Waals surface area contributed by atoms with Crippen molar-refractivity contribution in [1.82, 2.24) is 4.57 Å². The van der Waals surface area contributed by atoms with Crippen LogP contribution in [0.15, 0.2) is 47.3 Å². The Morgan fingerprint density at radius 3 is 2.48 bits per heavy atom. The van der Waals surface area contributed by atoms with Crippen molar-refractivity contribution in [3.8, 4) is 11.5 Å². The number of benzene rings is 2. The van der Waals surface area contributed by atoms with Crippen LogP contribution in [0.3, 0.4) is 0 Å². The molecule has 0 atom stereocenters. The molecule has 0 spiro atoms. The molecule has 0 fully saturated rings. The Morgan fingerprint density at radius 2 is 1.88 bits per heavy atom. The highest BCUT2D eigenvalue weighted by molar-refractivity contribution is 6.31. The normalized spacial score (nSPS) is 10.8. The maximum atomic E-state index is 12.5. The Kier molecular flexibility index (Phi) is 4.43. The Morgan fingerprint density at radius 1 is 1.20 bits per heavy atom. The highest BCUT2D eigenvalue weighted by Crippen LogP contribution is 2.33. The van der Waals surface area contributed by atoms with Gasteiger partial charge in [-0.1, -0.05) is 11.6 Å². The van der Waals surface area contributed by atoms with Gasteiger partial charge in [0.15, 0.2) is 5.75 Å². The monoisotopic (exact) mass is 359 g/mol. The van der Waals surface area contributed by atoms with Gasteiger partial charge in [-0.3, -0.25) is 14.9 Å². The van der Waals surface area contributed by atoms with E-state index in [1.807, 2.05) is 0 Å². The standard InChI is InChI=1S/C17H14ClN3O4/c1-20-15(9-19)16(14-8-10(18)2-7-13(14)17(20)22)25-12-5-3-11(4-6-12)21(23)24/h2-8H,9,19H2,1H3. The Labute approximate surface area is 147 Å². The maximum Gasteiger partial charge on any atom is 0.269 e. The molecule has 1 aromatic heterocycles. The number of halogens is 1. The summed E-state index contributed by atoms with van der Waals surface area (Å²) in [6.07, 6.45) is 0. The maximum absolute atomic E-state index is 12.5. The van der Waals surface area contributed by atoms with Crippen LogP contribution in [0.2, 0.25) is 5.02 Å². The fraction of sp³-hybridized carbons (Fsp3) is 0.118. The van der Waals surface area contributed by atoms with Gasteiger partial charge in [-0.05, 0) is 30.3 Å². The number of hydrogen-bond acceptors (Lipinski definition) is 5. The van der Waals surface area contributed by atoms with E-state index in [1.54, 1.807) is 25.2 Å². The van der Waals surface area contributed by atoms with Gasteiger partial charge in [0.05, 0.1) is 16.0 Å². The van der Waals surface area contributed by atoms with E-state index in [0.29, 0.717) is 33.0 Å². The molecule has 7 nitrogen and oxygen atoms in total. The van der Waals surface area contributed by atoms with E-state index in [-0.39, 0.29) is 17.8 Å². The summed E-state index contributed by atoms with van der Waals surface area (Å²) < 4.78 is 7.35. The lowest BCUT2D eigenvalue weighted by Crippen LogP contribution is -2.23. The molecule has 0 aliphatic heterocycles. The lowest BCUT2D eigenvalue weighted by atomic mass is 10.1. The summed E-state index contributed by atoms with van der Waals surface area (Å²) in [5, 5.41) is 12.2. The summed E-state index contributed by atoms with van der Waals surface area (Å²) in [6.45, 7) is 0.0799. The van der Waals surface area contributed by atoms with Crippen LogP contribution in [0.5, 0.6) is 11.5 Å². The second-order valence-corrected chi connectivity index (χ2v) is 5.82. The van der Waals surface area contributed by atoms with Crippen molar-refractivity contribution in [2.24, 2.45) is 12.8 Å². The number of non-ortho nitro benzene ring substituents is 1. The van der Waals surface area contributed by atoms with Crippen molar-refractivity contribution in [1.29, 1.82) is 0 Å². The third-order valence-electron chi connectivity index (χ3n) is 3.89. The fourth-order valence-electron chi connectivity index (χ4n) is 2.60. The van der Waals surface area contributed by atoms with Gasteiger partial charge >= 0.3 is 0 Å². The van der Waals surface area contributed by atoms with Gasteiger partial charge in [-0.25, -0.2) is 0 Å². The number of nitro benzene ring substituents is 1. The molecule has 2 N–H and O–H groups in total. The second kappa shape index (κ2) is 6.54. The second-order valence-electron chi connectivity index (χ2n) is 5.39. The molecule has 128 valence electrons. The van der Waals surface area contributed by atoms with Crippen LogP contribution in [0.25, 0.3) is 10.8 Å². The Balaban J connectivity index is 2.20. The highest BCUT2D eigenvalue weighted by atomic mass is 35.5. The van der Waals surface area contributed by atoms with E-state index in [0.717, 1.165) is 0 Å². The highest BCUT2D eigenvalue weighted by Gasteiger charge is 2.17. The minimum atomic E-state index is -0.490. The van der Waals surface area contributed by atoms with Crippen molar-refractivity contribution in [2.45, 2.75) is 6.54 Å². The summed E-state index contributed by atoms with van der Waals surface area (Å²) in [5.41, 5.74) is 6.06. The minimum Gasteiger partial charge on any atom is -0.455 e. The number of nitro groups is 1. The third-order valence-corrected chi connectivity index (χ3v) is 4.12. The first kappa shape index (κ1) is 16.9. The van der Waals surface area contributed by atoms with E-state index in [9.17, 15) is 14.9 Å². The van der Waals surface area contributed by atoms with E-state index in [1.165, 1.54) is 28.8 Å². The molecule has 0 aliphatic rings. The smallest absolute Gasteiger partial charge is 0.269 e. The molecule has 1 heterocycles. The van der Waals surface area contributed by atoms with Crippen LogP contribution in [0.4, 0.5) is 5.69 Å². The van der Waals surface area contributed by atoms with Crippen LogP contribution in [-0.2, 0) is 13.6 Å². The average molecular weight is 360 g/mol. The predicted octanol–water partition coefficient (Wildman–Crippen LogP) is 3.35. The van der Waals surface area contributed by atoms with Gasteiger partial charge in [0, 0.05) is 36.1 Å². The van der Waals surface area contributed by atoms with E-state index < -0.39 is 4.92 Å². The third kappa shape index (κ3) is 3.07. The van der Waals surface area contributed by atoms with Crippen molar-refractivity contribution in [3.05, 3.63) is 73.6 Å². The van der Waals surface area contributed by atoms with Gasteiger partial charge in [0.1, 0.15) is 5.75 Å². The van der Waals surface area contributed by atoms with Gasteiger partial charge < -0.3 is 15.0 Å². The molecule has 0 unspecified atom stereocenters. The molecule has 0 radical (unpaired) electrons. The van der Waals surface area contributed by atoms with E-state index in [4.69, 9.17) is 22.1 Å². The average Bonchev–Trinajstić information content (AvgIpc) is 2.60. The van der Waals surface area contributed by atoms with Crippen molar-refractivity contribution < 1.29 is 9.66 Å². The molecule has 3 rings (SSSR count). The van der Waals surface area contributed by atoms with Gasteiger partial charge in [-0.15, -0.1) is 0 Å². The molecule has 0 saturated heterocycles. The first-order valence-electron chi connectivity index (χ1n) is 7.36. The number of pyridine rings is 1. The zero-order valence-corrected chi connectivity index (χ0v) is 14.0. The van der Waals surface area contributed by atoms with Crippen molar-refractivity contribution in [3.63, 3.8) is 0 Å². The number of nitrogens with zero attached hydrogens (tertiary/aromatic N) is 2. The molecular formula is C17H14ClN3O4. The Bertz CT molecular complexity index is 1030. The zero-order valence-electron chi connectivity index (χ0n) is 13.2. The molecule has 8 heteroatoms. The lowest BCUT2D eigenvalue weighted by molar-refractivity contribution is -0.384. The van der Waals surface area contributed by atoms with Crippen molar-refractivity contribution in [2.75, 3.05) is 0 Å². The summed E-state index contributed by atoms with van der Waals surface area (Å²) in [6, 6.07) is 10.5. The Hall–Kier alpha value is -2.90. The van der Waals surface area contributed by atoms with Crippen LogP contribution >= 0.6 is 11.6 Å². The number of fused-ring (bicyclic) bond motifs is 1. The molecule has 0 bridgehead atoms. The number of ether oxygens (including phenoxy) is 1. The van der Waals surface area contributed by atoms with Crippen LogP contribution in [0, 0.1) is 10.1 Å². The van der Waals surface area contributed by atoms with Crippen LogP contribution in [-0.4, -0.2) is 9.49 Å². The summed E-state index contributed by atoms with van der Waals surface area (Å²) >= 11 is 6.07. The SMILES string of the molecule is Cn1c(CN)c(Oc2ccc([N+](=O)[O-])cc2)c2cc(Cl)ccc2c1=O. The molecule has 0 aliphatic carbocycles. The topological polar surface area (TPSA) is 100 Å². The largest absolute Gasteiger partial charge is 0.455 e. The first-order chi connectivity index (χ1) is 11.9. The molecule has 2 aromatic carbocycles. The summed E-state index contributed by atoms with van der Waals surface area (Å²) in [4.78, 5) is 22.7. The molecule has 3 aromatic rings. The van der Waals surface area contributed by atoms with Crippen LogP contribution < -0.4 is 16.0 Å². The number of nitrogens with two attached hydrogens (primary N) is 1. The summed E-state index contributed by atoms with van der Waals surface area (Å²) in [5.74, 6) is 0.788. The van der Waals surface area contributed by atoms with Crippen LogP contribution in [0.1, 0.15) is 5.69 Å². The lowest BCUT2D eigenvalue weighted by Gasteiger charge is -2.16. The first-order valence-corrected chi connectivity index (χ1v) is 7.73. The van der Waals surface area contributed by atoms with Crippen molar-refractivity contribution >= 4 is 28.1 Å². The fourth-order valence-corrected chi connectivity index (χ4v) is 2.77. The molecule has 0 saturated carbocycles. The number of aromatic nitrogens is 1. The van der Waals surface area contributed by atoms with Gasteiger partial charge in [-0.2, -0.15) is 0 Å². The van der Waals surface area contributed by atoms with E-state index in [2.05, 4.69) is 0 Å². The number of hydrogen-bond donors (Lipinski definition) is 1. The summed E-state index contributed by atoms with van der Waals surface area (Å²) in [7, 11) is 1.61. The van der Waals surface area contributed by atoms with Gasteiger partial charge in [0.2, 0.25) is 0 Å². The van der Waals surface area contributed by atoms with E-state index >= 15 is 0 Å². The molecular weight excluding hydrogens is 346 g/mol. The molecule has 25 heavy (non-hydrogen) atoms. The molecule has 0 amide bonds. The minimum absolute atomic E-state index is 0.0419. The predicted molar refractivity (Wildman–Crippen MR) is 95.3 cm³/mol.